The van der Waals surface area contributed by atoms with Gasteiger partial charge in [0.15, 0.2) is 5.82 Å². The molecule has 0 bridgehead atoms. The normalized spacial score (nSPS) is 12.4. The van der Waals surface area contributed by atoms with Crippen LogP contribution in [0.4, 0.5) is 11.4 Å². The van der Waals surface area contributed by atoms with E-state index < -0.39 is 0 Å². The highest BCUT2D eigenvalue weighted by Crippen LogP contribution is 2.24. The third-order valence-electron chi connectivity index (χ3n) is 2.52. The molecule has 1 aromatic carbocycles. The summed E-state index contributed by atoms with van der Waals surface area (Å²) in [6.07, 6.45) is 1.69. The Morgan fingerprint density at radius 3 is 2.82 bits per heavy atom. The summed E-state index contributed by atoms with van der Waals surface area (Å²) in [5.41, 5.74) is 7.61. The first-order chi connectivity index (χ1) is 8.08. The number of nitrogens with two attached hydrogens (primary N) is 1. The van der Waals surface area contributed by atoms with Gasteiger partial charge in [0.2, 0.25) is 0 Å². The minimum absolute atomic E-state index is 0.0601. The number of halogens is 1. The van der Waals surface area contributed by atoms with Gasteiger partial charge in [-0.25, -0.2) is 0 Å². The van der Waals surface area contributed by atoms with Gasteiger partial charge in [-0.05, 0) is 47.7 Å². The van der Waals surface area contributed by atoms with Crippen molar-refractivity contribution in [2.75, 3.05) is 11.1 Å². The van der Waals surface area contributed by atoms with Gasteiger partial charge in [0.25, 0.3) is 0 Å². The van der Waals surface area contributed by atoms with E-state index in [4.69, 9.17) is 5.73 Å². The minimum Gasteiger partial charge on any atom is -0.397 e. The summed E-state index contributed by atoms with van der Waals surface area (Å²) in [4.78, 5) is 0. The fraction of sp³-hybridized carbons (Fsp3) is 0.273. The summed E-state index contributed by atoms with van der Waals surface area (Å²) in [5, 5.41) is 11.3. The Morgan fingerprint density at radius 2 is 2.24 bits per heavy atom. The molecular weight excluding hydrogens is 329 g/mol. The summed E-state index contributed by atoms with van der Waals surface area (Å²) in [6, 6.07) is 5.99. The molecule has 2 aromatic rings. The number of nitrogens with zero attached hydrogens (tertiary/aromatic N) is 3. The lowest BCUT2D eigenvalue weighted by atomic mass is 10.2. The minimum atomic E-state index is 0.0601. The van der Waals surface area contributed by atoms with Gasteiger partial charge in [-0.2, -0.15) is 0 Å². The number of benzene rings is 1. The Bertz CT molecular complexity index is 522. The molecule has 3 N–H and O–H groups in total. The molecule has 2 rings (SSSR count). The van der Waals surface area contributed by atoms with Gasteiger partial charge in [-0.3, -0.25) is 0 Å². The third-order valence-corrected chi connectivity index (χ3v) is 3.19. The first-order valence-electron chi connectivity index (χ1n) is 5.23. The van der Waals surface area contributed by atoms with Crippen LogP contribution >= 0.6 is 22.6 Å². The van der Waals surface area contributed by atoms with Crippen LogP contribution in [-0.2, 0) is 7.05 Å². The van der Waals surface area contributed by atoms with Crippen LogP contribution < -0.4 is 11.1 Å². The van der Waals surface area contributed by atoms with Crippen LogP contribution in [0.2, 0.25) is 0 Å². The first-order valence-corrected chi connectivity index (χ1v) is 6.31. The Morgan fingerprint density at radius 1 is 1.47 bits per heavy atom. The molecule has 1 heterocycles. The van der Waals surface area contributed by atoms with E-state index in [0.717, 1.165) is 20.8 Å². The van der Waals surface area contributed by atoms with Crippen LogP contribution in [0.5, 0.6) is 0 Å². The summed E-state index contributed by atoms with van der Waals surface area (Å²) < 4.78 is 3.01. The lowest BCUT2D eigenvalue weighted by molar-refractivity contribution is 0.719. The van der Waals surface area contributed by atoms with Crippen LogP contribution in [0.3, 0.4) is 0 Å². The molecular formula is C11H14IN5. The SMILES string of the molecule is CC(Nc1ccc(I)cc1N)c1nncn1C. The van der Waals surface area contributed by atoms with Crippen molar-refractivity contribution in [3.63, 3.8) is 0 Å². The third kappa shape index (κ3) is 2.68. The molecule has 0 aliphatic rings. The predicted molar refractivity (Wildman–Crippen MR) is 76.6 cm³/mol. The summed E-state index contributed by atoms with van der Waals surface area (Å²) >= 11 is 2.24. The zero-order valence-corrected chi connectivity index (χ0v) is 11.8. The number of nitrogens with one attached hydrogen (secondary N) is 1. The highest BCUT2D eigenvalue weighted by molar-refractivity contribution is 14.1. The van der Waals surface area contributed by atoms with Gasteiger partial charge in [0.1, 0.15) is 6.33 Å². The average molecular weight is 343 g/mol. The van der Waals surface area contributed by atoms with Crippen molar-refractivity contribution in [2.45, 2.75) is 13.0 Å². The van der Waals surface area contributed by atoms with E-state index in [0.29, 0.717) is 0 Å². The van der Waals surface area contributed by atoms with Crippen molar-refractivity contribution >= 4 is 34.0 Å². The molecule has 1 atom stereocenters. The van der Waals surface area contributed by atoms with Gasteiger partial charge in [-0.1, -0.05) is 0 Å². The van der Waals surface area contributed by atoms with Gasteiger partial charge in [0.05, 0.1) is 17.4 Å². The second-order valence-corrected chi connectivity index (χ2v) is 5.14. The van der Waals surface area contributed by atoms with E-state index in [9.17, 15) is 0 Å². The molecule has 0 radical (unpaired) electrons. The number of nitrogen functional groups attached to an aromatic ring is 1. The highest BCUT2D eigenvalue weighted by Gasteiger charge is 2.12. The lowest BCUT2D eigenvalue weighted by Gasteiger charge is -2.16. The molecule has 6 heteroatoms. The monoisotopic (exact) mass is 343 g/mol. The Labute approximate surface area is 114 Å². The maximum Gasteiger partial charge on any atom is 0.154 e. The van der Waals surface area contributed by atoms with E-state index in [-0.39, 0.29) is 6.04 Å². The summed E-state index contributed by atoms with van der Waals surface area (Å²) in [5.74, 6) is 0.878. The molecule has 0 fully saturated rings. The fourth-order valence-corrected chi connectivity index (χ4v) is 2.16. The Kier molecular flexibility index (Phi) is 3.51. The van der Waals surface area contributed by atoms with E-state index in [1.165, 1.54) is 0 Å². The first kappa shape index (κ1) is 12.2. The van der Waals surface area contributed by atoms with Gasteiger partial charge < -0.3 is 15.6 Å². The summed E-state index contributed by atoms with van der Waals surface area (Å²) in [6.45, 7) is 2.03. The van der Waals surface area contributed by atoms with Crippen molar-refractivity contribution in [2.24, 2.45) is 7.05 Å². The fourth-order valence-electron chi connectivity index (χ4n) is 1.65. The topological polar surface area (TPSA) is 68.8 Å². The zero-order valence-electron chi connectivity index (χ0n) is 9.68. The second-order valence-electron chi connectivity index (χ2n) is 3.90. The van der Waals surface area contributed by atoms with E-state index in [2.05, 4.69) is 38.1 Å². The molecule has 0 saturated heterocycles. The molecule has 0 amide bonds. The van der Waals surface area contributed by atoms with E-state index in [1.807, 2.05) is 36.7 Å². The van der Waals surface area contributed by atoms with Gasteiger partial charge >= 0.3 is 0 Å². The molecule has 0 spiro atoms. The van der Waals surface area contributed by atoms with Crippen LogP contribution in [0.1, 0.15) is 18.8 Å². The van der Waals surface area contributed by atoms with Gasteiger partial charge in [-0.15, -0.1) is 10.2 Å². The molecule has 5 nitrogen and oxygen atoms in total. The van der Waals surface area contributed by atoms with Crippen LogP contribution in [0.25, 0.3) is 0 Å². The molecule has 1 aromatic heterocycles. The Hall–Kier alpha value is -1.31. The predicted octanol–water partition coefficient (Wildman–Crippen LogP) is 2.17. The average Bonchev–Trinajstić information content (AvgIpc) is 2.68. The molecule has 0 aliphatic carbocycles. The standard InChI is InChI=1S/C11H14IN5/c1-7(11-16-14-6-17(11)2)15-10-4-3-8(12)5-9(10)13/h3-7,15H,13H2,1-2H3. The molecule has 90 valence electrons. The second kappa shape index (κ2) is 4.91. The zero-order chi connectivity index (χ0) is 12.4. The van der Waals surface area contributed by atoms with E-state index >= 15 is 0 Å². The lowest BCUT2D eigenvalue weighted by Crippen LogP contribution is -2.13. The number of anilines is 2. The van der Waals surface area contributed by atoms with Crippen LogP contribution in [0, 0.1) is 3.57 Å². The molecule has 17 heavy (non-hydrogen) atoms. The largest absolute Gasteiger partial charge is 0.397 e. The molecule has 0 saturated carbocycles. The number of aromatic nitrogens is 3. The van der Waals surface area contributed by atoms with E-state index in [1.54, 1.807) is 6.33 Å². The smallest absolute Gasteiger partial charge is 0.154 e. The number of rotatable bonds is 3. The molecule has 1 unspecified atom stereocenters. The highest BCUT2D eigenvalue weighted by atomic mass is 127. The van der Waals surface area contributed by atoms with Crippen molar-refractivity contribution in [3.8, 4) is 0 Å². The number of hydrogen-bond acceptors (Lipinski definition) is 4. The van der Waals surface area contributed by atoms with Crippen LogP contribution in [-0.4, -0.2) is 14.8 Å². The number of hydrogen-bond donors (Lipinski definition) is 2. The summed E-state index contributed by atoms with van der Waals surface area (Å²) in [7, 11) is 1.92. The van der Waals surface area contributed by atoms with Crippen molar-refractivity contribution in [3.05, 3.63) is 33.9 Å². The van der Waals surface area contributed by atoms with Crippen molar-refractivity contribution in [1.29, 1.82) is 0 Å². The van der Waals surface area contributed by atoms with Crippen molar-refractivity contribution in [1.82, 2.24) is 14.8 Å². The quantitative estimate of drug-likeness (QED) is 0.662. The molecule has 0 aliphatic heterocycles. The van der Waals surface area contributed by atoms with Crippen molar-refractivity contribution < 1.29 is 0 Å². The Balaban J connectivity index is 2.19. The van der Waals surface area contributed by atoms with Gasteiger partial charge in [0, 0.05) is 10.6 Å². The number of aryl methyl sites for hydroxylation is 1. The maximum absolute atomic E-state index is 5.95. The maximum atomic E-state index is 5.95. The van der Waals surface area contributed by atoms with Crippen LogP contribution in [0.15, 0.2) is 24.5 Å².